The van der Waals surface area contributed by atoms with E-state index >= 15 is 0 Å². The van der Waals surface area contributed by atoms with E-state index in [0.29, 0.717) is 22.6 Å². The van der Waals surface area contributed by atoms with Crippen LogP contribution in [0.2, 0.25) is 0 Å². The Bertz CT molecular complexity index is 1980. The Labute approximate surface area is 240 Å². The van der Waals surface area contributed by atoms with Crippen LogP contribution in [0.4, 0.5) is 10.1 Å². The van der Waals surface area contributed by atoms with E-state index in [1.165, 1.54) is 15.9 Å². The molecule has 0 radical (unpaired) electrons. The van der Waals surface area contributed by atoms with Gasteiger partial charge in [0.1, 0.15) is 17.1 Å². The second-order valence-electron chi connectivity index (χ2n) is 10.6. The van der Waals surface area contributed by atoms with Gasteiger partial charge in [-0.15, -0.1) is 0 Å². The van der Waals surface area contributed by atoms with E-state index in [-0.39, 0.29) is 35.4 Å². The number of rotatable bonds is 5. The smallest absolute Gasteiger partial charge is 0.291 e. The molecule has 4 aromatic carbocycles. The molecule has 0 N–H and O–H groups in total. The minimum Gasteiger partial charge on any atom is -0.497 e. The van der Waals surface area contributed by atoms with Gasteiger partial charge in [0.15, 0.2) is 11.0 Å². The first-order valence-electron chi connectivity index (χ1n) is 13.5. The number of carbonyl (C=O) groups excluding carboxylic acids is 2. The molecular weight excluding hydrogens is 535 g/mol. The topological polar surface area (TPSA) is 80.1 Å². The fourth-order valence-electron chi connectivity index (χ4n) is 6.19. The van der Waals surface area contributed by atoms with Gasteiger partial charge in [-0.1, -0.05) is 60.2 Å². The molecule has 0 aliphatic carbocycles. The summed E-state index contributed by atoms with van der Waals surface area (Å²) in [5, 5.41) is 0.282. The first-order valence-corrected chi connectivity index (χ1v) is 13.5. The van der Waals surface area contributed by atoms with Gasteiger partial charge in [0.25, 0.3) is 11.8 Å². The monoisotopic (exact) mass is 560 g/mol. The zero-order valence-corrected chi connectivity index (χ0v) is 22.9. The second kappa shape index (κ2) is 9.41. The number of aryl methyl sites for hydroxylation is 1. The Balaban J connectivity index is 1.50. The van der Waals surface area contributed by atoms with Crippen LogP contribution in [-0.4, -0.2) is 23.8 Å². The highest BCUT2D eigenvalue weighted by Crippen LogP contribution is 2.53. The van der Waals surface area contributed by atoms with Crippen molar-refractivity contribution in [3.8, 4) is 5.75 Å². The molecule has 2 aliphatic rings. The molecule has 0 saturated carbocycles. The molecule has 3 heterocycles. The Morgan fingerprint density at radius 1 is 0.881 bits per heavy atom. The maximum absolute atomic E-state index is 14.9. The number of methoxy groups -OCH3 is 1. The molecule has 7 rings (SSSR count). The molecule has 8 heteroatoms. The van der Waals surface area contributed by atoms with Gasteiger partial charge in [-0.05, 0) is 48.9 Å². The largest absolute Gasteiger partial charge is 0.497 e. The van der Waals surface area contributed by atoms with Crippen LogP contribution in [0.15, 0.2) is 100 Å². The van der Waals surface area contributed by atoms with Crippen LogP contribution in [0.25, 0.3) is 11.0 Å². The van der Waals surface area contributed by atoms with Crippen molar-refractivity contribution in [3.05, 3.63) is 141 Å². The summed E-state index contributed by atoms with van der Waals surface area (Å²) in [5.74, 6) is -1.08. The lowest BCUT2D eigenvalue weighted by molar-refractivity contribution is -0.126. The maximum atomic E-state index is 14.9. The van der Waals surface area contributed by atoms with Crippen molar-refractivity contribution >= 4 is 28.5 Å². The van der Waals surface area contributed by atoms with Gasteiger partial charge in [-0.2, -0.15) is 0 Å². The van der Waals surface area contributed by atoms with E-state index in [9.17, 15) is 18.8 Å². The van der Waals surface area contributed by atoms with Gasteiger partial charge in [0.2, 0.25) is 5.76 Å². The van der Waals surface area contributed by atoms with Crippen molar-refractivity contribution in [1.29, 1.82) is 0 Å². The number of nitrogens with zero attached hydrogens (tertiary/aromatic N) is 2. The van der Waals surface area contributed by atoms with Crippen molar-refractivity contribution < 1.29 is 23.1 Å². The third-order valence-electron chi connectivity index (χ3n) is 8.18. The van der Waals surface area contributed by atoms with Crippen molar-refractivity contribution in [3.63, 3.8) is 0 Å². The summed E-state index contributed by atoms with van der Waals surface area (Å²) in [4.78, 5) is 46.4. The van der Waals surface area contributed by atoms with Crippen LogP contribution in [-0.2, 0) is 23.4 Å². The highest BCUT2D eigenvalue weighted by atomic mass is 19.1. The molecule has 0 saturated heterocycles. The summed E-state index contributed by atoms with van der Waals surface area (Å²) in [5.41, 5.74) is 0.813. The van der Waals surface area contributed by atoms with Gasteiger partial charge >= 0.3 is 0 Å². The lowest BCUT2D eigenvalue weighted by Crippen LogP contribution is -2.53. The molecule has 2 amide bonds. The predicted molar refractivity (Wildman–Crippen MR) is 155 cm³/mol. The van der Waals surface area contributed by atoms with Crippen LogP contribution >= 0.6 is 0 Å². The van der Waals surface area contributed by atoms with Crippen LogP contribution in [0.5, 0.6) is 5.75 Å². The number of anilines is 1. The van der Waals surface area contributed by atoms with Gasteiger partial charge in [0, 0.05) is 17.7 Å². The molecule has 7 nitrogen and oxygen atoms in total. The standard InChI is InChI=1S/C34H25FN2O5/c1-20-11-16-28-24(17-20)30(38)29-31(42-28)32(39)37(18-21-12-14-23(41-2)15-13-21)34(29)25-8-4-6-10-27(25)36(33(34)40)19-22-7-3-5-9-26(22)35/h3-17H,18-19H2,1-2H3. The molecule has 208 valence electrons. The number of para-hydroxylation sites is 1. The van der Waals surface area contributed by atoms with Crippen molar-refractivity contribution in [2.24, 2.45) is 0 Å². The molecule has 42 heavy (non-hydrogen) atoms. The predicted octanol–water partition coefficient (Wildman–Crippen LogP) is 5.70. The van der Waals surface area contributed by atoms with Gasteiger partial charge < -0.3 is 19.0 Å². The highest BCUT2D eigenvalue weighted by Gasteiger charge is 2.65. The fraction of sp³-hybridized carbons (Fsp3) is 0.147. The SMILES string of the molecule is COc1ccc(CN2C(=O)c3oc4ccc(C)cc4c(=O)c3C23C(=O)N(Cc2ccccc2F)c2ccccc23)cc1. The van der Waals surface area contributed by atoms with Crippen LogP contribution in [0.3, 0.4) is 0 Å². The van der Waals surface area contributed by atoms with Crippen LogP contribution in [0, 0.1) is 12.7 Å². The third-order valence-corrected chi connectivity index (χ3v) is 8.18. The van der Waals surface area contributed by atoms with Gasteiger partial charge in [-0.3, -0.25) is 14.4 Å². The van der Waals surface area contributed by atoms with Crippen LogP contribution in [0.1, 0.15) is 38.4 Å². The lowest BCUT2D eigenvalue weighted by atomic mass is 9.83. The number of fused-ring (bicyclic) bond motifs is 5. The van der Waals surface area contributed by atoms with Gasteiger partial charge in [0.05, 0.1) is 30.3 Å². The summed E-state index contributed by atoms with van der Waals surface area (Å²) in [6, 6.07) is 25.6. The number of hydrogen-bond donors (Lipinski definition) is 0. The number of hydrogen-bond acceptors (Lipinski definition) is 5. The first kappa shape index (κ1) is 25.7. The Morgan fingerprint density at radius 3 is 2.38 bits per heavy atom. The van der Waals surface area contributed by atoms with E-state index in [1.54, 1.807) is 92.0 Å². The lowest BCUT2D eigenvalue weighted by Gasteiger charge is -2.34. The van der Waals surface area contributed by atoms with E-state index in [4.69, 9.17) is 9.15 Å². The highest BCUT2D eigenvalue weighted by molar-refractivity contribution is 6.17. The Kier molecular flexibility index (Phi) is 5.76. The van der Waals surface area contributed by atoms with Crippen molar-refractivity contribution in [2.75, 3.05) is 12.0 Å². The maximum Gasteiger partial charge on any atom is 0.291 e. The summed E-state index contributed by atoms with van der Waals surface area (Å²) in [6.45, 7) is 1.78. The molecule has 1 atom stereocenters. The quantitative estimate of drug-likeness (QED) is 0.276. The summed E-state index contributed by atoms with van der Waals surface area (Å²) in [6.07, 6.45) is 0. The minimum atomic E-state index is -1.81. The molecular formula is C34H25FN2O5. The summed E-state index contributed by atoms with van der Waals surface area (Å²) in [7, 11) is 1.56. The zero-order chi connectivity index (χ0) is 29.2. The Morgan fingerprint density at radius 2 is 1.62 bits per heavy atom. The van der Waals surface area contributed by atoms with E-state index in [1.807, 2.05) is 6.92 Å². The molecule has 0 fully saturated rings. The van der Waals surface area contributed by atoms with Crippen molar-refractivity contribution in [1.82, 2.24) is 4.90 Å². The molecule has 1 aromatic heterocycles. The molecule has 2 aliphatic heterocycles. The molecule has 1 unspecified atom stereocenters. The molecule has 0 bridgehead atoms. The third kappa shape index (κ3) is 3.54. The van der Waals surface area contributed by atoms with E-state index in [2.05, 4.69) is 0 Å². The van der Waals surface area contributed by atoms with E-state index in [0.717, 1.165) is 11.1 Å². The number of benzene rings is 4. The van der Waals surface area contributed by atoms with Crippen molar-refractivity contribution in [2.45, 2.75) is 25.6 Å². The number of halogens is 1. The second-order valence-corrected chi connectivity index (χ2v) is 10.6. The Hall–Kier alpha value is -5.24. The van der Waals surface area contributed by atoms with Gasteiger partial charge in [-0.25, -0.2) is 4.39 Å². The molecule has 1 spiro atoms. The summed E-state index contributed by atoms with van der Waals surface area (Å²) < 4.78 is 26.3. The zero-order valence-electron chi connectivity index (χ0n) is 22.9. The van der Waals surface area contributed by atoms with Crippen LogP contribution < -0.4 is 15.1 Å². The first-order chi connectivity index (χ1) is 20.3. The normalized spacial score (nSPS) is 17.3. The number of ether oxygens (including phenoxy) is 1. The van der Waals surface area contributed by atoms with E-state index < -0.39 is 28.6 Å². The fourth-order valence-corrected chi connectivity index (χ4v) is 6.19. The average molecular weight is 561 g/mol. The number of amides is 2. The average Bonchev–Trinajstić information content (AvgIpc) is 3.39. The molecule has 5 aromatic rings. The number of carbonyl (C=O) groups is 2. The minimum absolute atomic E-state index is 0.00938. The summed E-state index contributed by atoms with van der Waals surface area (Å²) >= 11 is 0.